The first-order chi connectivity index (χ1) is 10.6. The van der Waals surface area contributed by atoms with E-state index in [-0.39, 0.29) is 17.6 Å². The number of nitrogens with two attached hydrogens (primary N) is 2. The average molecular weight is 300 g/mol. The molecule has 1 aliphatic carbocycles. The maximum Gasteiger partial charge on any atom is 0.287 e. The molecule has 0 spiro atoms. The van der Waals surface area contributed by atoms with Crippen molar-refractivity contribution in [2.75, 3.05) is 0 Å². The number of nitrogens with one attached hydrogen (secondary N) is 1. The Morgan fingerprint density at radius 3 is 2.50 bits per heavy atom. The Hall–Kier alpha value is -2.67. The fraction of sp³-hybridized carbons (Fsp3) is 0.267. The molecule has 1 saturated carbocycles. The van der Waals surface area contributed by atoms with Crippen LogP contribution in [0.1, 0.15) is 40.6 Å². The summed E-state index contributed by atoms with van der Waals surface area (Å²) in [6.07, 6.45) is 1.09. The van der Waals surface area contributed by atoms with E-state index in [0.717, 1.165) is 5.56 Å². The van der Waals surface area contributed by atoms with Gasteiger partial charge >= 0.3 is 0 Å². The number of hydrazine groups is 1. The molecule has 1 heterocycles. The Kier molecular flexibility index (Phi) is 3.42. The number of aromatic nitrogens is 1. The van der Waals surface area contributed by atoms with E-state index in [0.29, 0.717) is 18.5 Å². The van der Waals surface area contributed by atoms with Crippen molar-refractivity contribution in [3.8, 4) is 0 Å². The van der Waals surface area contributed by atoms with Crippen LogP contribution in [0.2, 0.25) is 0 Å². The minimum Gasteiger partial charge on any atom is -0.363 e. The Morgan fingerprint density at radius 1 is 1.27 bits per heavy atom. The van der Waals surface area contributed by atoms with Crippen LogP contribution >= 0.6 is 0 Å². The summed E-state index contributed by atoms with van der Waals surface area (Å²) in [6, 6.07) is 11.0. The zero-order chi connectivity index (χ0) is 15.7. The molecule has 0 aliphatic heterocycles. The maximum atomic E-state index is 12.3. The van der Waals surface area contributed by atoms with Gasteiger partial charge in [-0.1, -0.05) is 35.5 Å². The molecule has 0 bridgehead atoms. The highest BCUT2D eigenvalue weighted by atomic mass is 16.5. The van der Waals surface area contributed by atoms with E-state index in [9.17, 15) is 9.59 Å². The van der Waals surface area contributed by atoms with Crippen molar-refractivity contribution in [1.82, 2.24) is 10.6 Å². The van der Waals surface area contributed by atoms with Crippen LogP contribution < -0.4 is 17.0 Å². The van der Waals surface area contributed by atoms with E-state index in [4.69, 9.17) is 16.1 Å². The summed E-state index contributed by atoms with van der Waals surface area (Å²) in [6.45, 7) is 0. The van der Waals surface area contributed by atoms with Crippen molar-refractivity contribution >= 4 is 11.8 Å². The van der Waals surface area contributed by atoms with Crippen molar-refractivity contribution in [1.29, 1.82) is 0 Å². The Bertz CT molecular complexity index is 705. The number of amides is 2. The van der Waals surface area contributed by atoms with Crippen molar-refractivity contribution in [3.63, 3.8) is 0 Å². The third-order valence-electron chi connectivity index (χ3n) is 4.27. The predicted octanol–water partition coefficient (Wildman–Crippen LogP) is 0.579. The summed E-state index contributed by atoms with van der Waals surface area (Å²) < 4.78 is 4.89. The molecule has 5 N–H and O–H groups in total. The smallest absolute Gasteiger partial charge is 0.287 e. The number of nitrogens with zero attached hydrogens (tertiary/aromatic N) is 1. The van der Waals surface area contributed by atoms with E-state index in [1.165, 1.54) is 6.07 Å². The summed E-state index contributed by atoms with van der Waals surface area (Å²) in [5, 5.41) is 3.87. The van der Waals surface area contributed by atoms with Crippen molar-refractivity contribution in [2.45, 2.75) is 24.2 Å². The van der Waals surface area contributed by atoms with E-state index >= 15 is 0 Å². The normalized spacial score (nSPS) is 23.6. The van der Waals surface area contributed by atoms with Gasteiger partial charge in [-0.2, -0.15) is 0 Å². The van der Waals surface area contributed by atoms with Crippen LogP contribution in [0.3, 0.4) is 0 Å². The molecule has 22 heavy (non-hydrogen) atoms. The second-order valence-corrected chi connectivity index (χ2v) is 5.51. The third kappa shape index (κ3) is 2.15. The summed E-state index contributed by atoms with van der Waals surface area (Å²) in [7, 11) is 0. The number of carbonyl (C=O) groups excluding carboxylic acids is 2. The van der Waals surface area contributed by atoms with Gasteiger partial charge in [-0.25, -0.2) is 5.84 Å². The molecule has 7 heteroatoms. The first-order valence-corrected chi connectivity index (χ1v) is 6.90. The van der Waals surface area contributed by atoms with E-state index in [1.807, 2.05) is 30.3 Å². The van der Waals surface area contributed by atoms with Gasteiger partial charge in [-0.05, 0) is 18.4 Å². The number of carbonyl (C=O) groups is 2. The molecule has 0 saturated heterocycles. The fourth-order valence-electron chi connectivity index (χ4n) is 3.04. The van der Waals surface area contributed by atoms with Gasteiger partial charge in [0.2, 0.25) is 11.7 Å². The highest BCUT2D eigenvalue weighted by Gasteiger charge is 2.52. The van der Waals surface area contributed by atoms with Gasteiger partial charge in [-0.15, -0.1) is 0 Å². The van der Waals surface area contributed by atoms with Gasteiger partial charge < -0.3 is 10.3 Å². The topological polar surface area (TPSA) is 124 Å². The summed E-state index contributed by atoms with van der Waals surface area (Å²) in [4.78, 5) is 23.3. The molecule has 0 radical (unpaired) electrons. The molecule has 2 amide bonds. The lowest BCUT2D eigenvalue weighted by molar-refractivity contribution is -0.130. The van der Waals surface area contributed by atoms with E-state index in [1.54, 1.807) is 0 Å². The molecular weight excluding hydrogens is 284 g/mol. The van der Waals surface area contributed by atoms with Gasteiger partial charge in [0.1, 0.15) is 0 Å². The van der Waals surface area contributed by atoms with Gasteiger partial charge in [-0.3, -0.25) is 15.0 Å². The van der Waals surface area contributed by atoms with Crippen LogP contribution in [0.15, 0.2) is 40.9 Å². The van der Waals surface area contributed by atoms with Gasteiger partial charge in [0.25, 0.3) is 5.91 Å². The second kappa shape index (κ2) is 5.27. The molecule has 1 aromatic carbocycles. The molecule has 7 nitrogen and oxygen atoms in total. The van der Waals surface area contributed by atoms with Crippen LogP contribution in [-0.2, 0) is 10.2 Å². The molecule has 0 atom stereocenters. The number of benzene rings is 1. The number of hydrogen-bond donors (Lipinski definition) is 3. The molecule has 2 aromatic rings. The van der Waals surface area contributed by atoms with Crippen LogP contribution in [0, 0.1) is 0 Å². The molecule has 0 unspecified atom stereocenters. The highest BCUT2D eigenvalue weighted by Crippen LogP contribution is 2.52. The Balaban J connectivity index is 1.85. The first-order valence-electron chi connectivity index (χ1n) is 6.90. The molecular formula is C15H16N4O3. The van der Waals surface area contributed by atoms with E-state index in [2.05, 4.69) is 10.6 Å². The summed E-state index contributed by atoms with van der Waals surface area (Å²) in [5.41, 5.74) is 8.26. The lowest BCUT2D eigenvalue weighted by atomic mass is 9.57. The van der Waals surface area contributed by atoms with Crippen LogP contribution in [0.25, 0.3) is 0 Å². The third-order valence-corrected chi connectivity index (χ3v) is 4.27. The molecule has 3 rings (SSSR count). The van der Waals surface area contributed by atoms with Crippen molar-refractivity contribution in [2.24, 2.45) is 11.6 Å². The maximum absolute atomic E-state index is 12.3. The van der Waals surface area contributed by atoms with Crippen molar-refractivity contribution in [3.05, 3.63) is 53.4 Å². The highest BCUT2D eigenvalue weighted by molar-refractivity contribution is 5.90. The van der Waals surface area contributed by atoms with Crippen LogP contribution in [-0.4, -0.2) is 17.0 Å². The lowest BCUT2D eigenvalue weighted by Crippen LogP contribution is -2.54. The van der Waals surface area contributed by atoms with Crippen LogP contribution in [0.4, 0.5) is 0 Å². The Morgan fingerprint density at radius 2 is 1.95 bits per heavy atom. The molecule has 1 fully saturated rings. The zero-order valence-corrected chi connectivity index (χ0v) is 11.8. The van der Waals surface area contributed by atoms with Gasteiger partial charge in [0.15, 0.2) is 0 Å². The number of primary amides is 1. The minimum absolute atomic E-state index is 0.0226. The summed E-state index contributed by atoms with van der Waals surface area (Å²) >= 11 is 0. The Labute approximate surface area is 126 Å². The average Bonchev–Trinajstić information content (AvgIpc) is 2.97. The van der Waals surface area contributed by atoms with Crippen molar-refractivity contribution < 1.29 is 14.1 Å². The molecule has 1 aromatic heterocycles. The largest absolute Gasteiger partial charge is 0.363 e. The second-order valence-electron chi connectivity index (χ2n) is 5.51. The first kappa shape index (κ1) is 14.3. The lowest BCUT2D eigenvalue weighted by Gasteiger charge is -2.45. The quantitative estimate of drug-likeness (QED) is 0.433. The number of hydrogen-bond acceptors (Lipinski definition) is 5. The van der Waals surface area contributed by atoms with Gasteiger partial charge in [0, 0.05) is 12.0 Å². The standard InChI is InChI=1S/C15H16N4O3/c16-13(20)12-6-11(19-22-12)9-7-15(8-9,14(21)18-17)10-4-2-1-3-5-10/h1-6,9H,7-8,17H2,(H2,16,20)(H,18,21). The number of rotatable bonds is 4. The summed E-state index contributed by atoms with van der Waals surface area (Å²) in [5.74, 6) is 4.50. The molecule has 1 aliphatic rings. The zero-order valence-electron chi connectivity index (χ0n) is 11.8. The SMILES string of the molecule is NNC(=O)C1(c2ccccc2)CC(c2cc(C(N)=O)on2)C1. The monoisotopic (exact) mass is 300 g/mol. The fourth-order valence-corrected chi connectivity index (χ4v) is 3.04. The molecule has 114 valence electrons. The minimum atomic E-state index is -0.674. The van der Waals surface area contributed by atoms with Gasteiger partial charge in [0.05, 0.1) is 11.1 Å². The predicted molar refractivity (Wildman–Crippen MR) is 77.4 cm³/mol. The van der Waals surface area contributed by atoms with E-state index < -0.39 is 11.3 Å². The van der Waals surface area contributed by atoms with Crippen LogP contribution in [0.5, 0.6) is 0 Å².